The molecule has 2 saturated carbocycles. The molecule has 0 radical (unpaired) electrons. The van der Waals surface area contributed by atoms with Gasteiger partial charge in [0.2, 0.25) is 9.23 Å². The zero-order chi connectivity index (χ0) is 16.6. The van der Waals surface area contributed by atoms with E-state index in [4.69, 9.17) is 9.32 Å². The van der Waals surface area contributed by atoms with Gasteiger partial charge in [-0.1, -0.05) is 21.3 Å². The minimum absolute atomic E-state index is 0. The molecule has 8 heteroatoms. The molecule has 0 aromatic heterocycles. The van der Waals surface area contributed by atoms with Crippen molar-refractivity contribution < 1.29 is 23.6 Å². The van der Waals surface area contributed by atoms with Gasteiger partial charge in [-0.25, -0.2) is 4.21 Å². The average molecular weight is 377 g/mol. The van der Waals surface area contributed by atoms with Gasteiger partial charge < -0.3 is 9.84 Å². The number of aliphatic carboxylic acids is 1. The molecule has 0 saturated heterocycles. The van der Waals surface area contributed by atoms with E-state index in [1.165, 1.54) is 7.11 Å². The quantitative estimate of drug-likeness (QED) is 0.581. The van der Waals surface area contributed by atoms with Crippen molar-refractivity contribution in [1.82, 2.24) is 0 Å². The van der Waals surface area contributed by atoms with Crippen LogP contribution in [0, 0.1) is 23.7 Å². The predicted molar refractivity (Wildman–Crippen MR) is 90.0 cm³/mol. The molecule has 0 aromatic carbocycles. The number of halogens is 2. The fraction of sp³-hybridized carbons (Fsp3) is 0.857. The number of rotatable bonds is 2. The summed E-state index contributed by atoms with van der Waals surface area (Å²) in [4.78, 5) is 20.8. The number of carboxylic acids is 1. The Morgan fingerprint density at radius 1 is 1.05 bits per heavy atom. The van der Waals surface area contributed by atoms with Gasteiger partial charge >= 0.3 is 11.9 Å². The van der Waals surface area contributed by atoms with Crippen LogP contribution in [0.1, 0.15) is 47.0 Å². The van der Waals surface area contributed by atoms with E-state index >= 15 is 0 Å². The van der Waals surface area contributed by atoms with E-state index in [9.17, 15) is 9.59 Å². The number of hydrogen-bond donors (Lipinski definition) is 1. The van der Waals surface area contributed by atoms with Crippen LogP contribution < -0.4 is 0 Å². The van der Waals surface area contributed by atoms with Gasteiger partial charge in [0.1, 0.15) is 0 Å². The molecule has 2 rings (SSSR count). The molecular weight excluding hydrogens is 351 g/mol. The van der Waals surface area contributed by atoms with Crippen molar-refractivity contribution in [3.05, 3.63) is 0 Å². The van der Waals surface area contributed by atoms with Gasteiger partial charge in [-0.3, -0.25) is 9.59 Å². The van der Waals surface area contributed by atoms with E-state index in [1.54, 1.807) is 0 Å². The maximum atomic E-state index is 10.7. The minimum atomic E-state index is -1.67. The lowest BCUT2D eigenvalue weighted by Crippen LogP contribution is -2.29. The highest BCUT2D eigenvalue weighted by molar-refractivity contribution is 8.26. The average Bonchev–Trinajstić information content (AvgIpc) is 2.30. The lowest BCUT2D eigenvalue weighted by molar-refractivity contribution is -0.150. The van der Waals surface area contributed by atoms with Gasteiger partial charge in [0.05, 0.1) is 18.9 Å². The van der Waals surface area contributed by atoms with Crippen LogP contribution >= 0.6 is 21.4 Å². The summed E-state index contributed by atoms with van der Waals surface area (Å²) in [7, 11) is 8.81. The summed E-state index contributed by atoms with van der Waals surface area (Å²) in [5.74, 6) is 0.913. The first kappa shape index (κ1) is 23.9. The minimum Gasteiger partial charge on any atom is -0.481 e. The fourth-order valence-electron chi connectivity index (χ4n) is 2.37. The Bertz CT molecular complexity index is 362. The first-order valence-corrected chi connectivity index (χ1v) is 9.52. The first-order valence-electron chi connectivity index (χ1n) is 6.72. The predicted octanol–water partition coefficient (Wildman–Crippen LogP) is 4.00. The van der Waals surface area contributed by atoms with Gasteiger partial charge in [0, 0.05) is 21.4 Å². The van der Waals surface area contributed by atoms with Crippen molar-refractivity contribution in [3.63, 3.8) is 0 Å². The standard InChI is InChI=1S/C7H12O2.C6H10O2.CH4.Cl2OS/c1-5-3-6(4-5)7(8)9-2;1-4-2-5(3-4)6(7)8;;1-4(2)3/h5-6H,3-4H2,1-2H3;4-5H,2-3H2,1H3,(H,7,8);1H4;. The van der Waals surface area contributed by atoms with E-state index in [1.807, 2.05) is 0 Å². The molecule has 1 N–H and O–H groups in total. The van der Waals surface area contributed by atoms with Gasteiger partial charge in [-0.2, -0.15) is 0 Å². The third-order valence-electron chi connectivity index (χ3n) is 3.63. The molecule has 0 atom stereocenters. The Kier molecular flexibility index (Phi) is 13.2. The van der Waals surface area contributed by atoms with Gasteiger partial charge in [0.15, 0.2) is 0 Å². The van der Waals surface area contributed by atoms with E-state index in [0.717, 1.165) is 31.6 Å². The molecule has 132 valence electrons. The monoisotopic (exact) mass is 376 g/mol. The highest BCUT2D eigenvalue weighted by Crippen LogP contribution is 2.33. The molecule has 0 aromatic rings. The van der Waals surface area contributed by atoms with Crippen molar-refractivity contribution in [1.29, 1.82) is 0 Å². The number of carbonyl (C=O) groups is 2. The van der Waals surface area contributed by atoms with Crippen molar-refractivity contribution in [2.45, 2.75) is 47.0 Å². The Morgan fingerprint density at radius 2 is 1.36 bits per heavy atom. The van der Waals surface area contributed by atoms with Gasteiger partial charge in [-0.15, -0.1) is 0 Å². The summed E-state index contributed by atoms with van der Waals surface area (Å²) in [6.45, 7) is 4.23. The lowest BCUT2D eigenvalue weighted by atomic mass is 9.76. The topological polar surface area (TPSA) is 80.7 Å². The molecule has 0 amide bonds. The summed E-state index contributed by atoms with van der Waals surface area (Å²) in [5.41, 5.74) is 0. The number of methoxy groups -OCH3 is 1. The molecule has 0 spiro atoms. The second kappa shape index (κ2) is 12.1. The van der Waals surface area contributed by atoms with Crippen molar-refractivity contribution in [2.24, 2.45) is 23.7 Å². The summed E-state index contributed by atoms with van der Waals surface area (Å²) in [5, 5.41) is 8.35. The van der Waals surface area contributed by atoms with E-state index < -0.39 is 15.2 Å². The van der Waals surface area contributed by atoms with Gasteiger partial charge in [-0.05, 0) is 37.5 Å². The van der Waals surface area contributed by atoms with Crippen molar-refractivity contribution >= 4 is 42.5 Å². The number of esters is 1. The molecule has 0 unspecified atom stereocenters. The molecule has 0 bridgehead atoms. The Balaban J connectivity index is 0. The SMILES string of the molecule is C.CC1CC(C(=O)O)C1.COC(=O)C1CC(C)C1.O=S(Cl)Cl. The van der Waals surface area contributed by atoms with Crippen molar-refractivity contribution in [3.8, 4) is 0 Å². The van der Waals surface area contributed by atoms with Crippen LogP contribution in [-0.2, 0) is 23.6 Å². The van der Waals surface area contributed by atoms with Crippen LogP contribution in [0.5, 0.6) is 0 Å². The molecule has 2 aliphatic carbocycles. The molecule has 22 heavy (non-hydrogen) atoms. The third kappa shape index (κ3) is 10.4. The normalized spacial score (nSPS) is 28.3. The molecule has 5 nitrogen and oxygen atoms in total. The largest absolute Gasteiger partial charge is 0.481 e. The number of ether oxygens (including phenoxy) is 1. The second-order valence-electron chi connectivity index (χ2n) is 5.59. The molecule has 0 aliphatic heterocycles. The molecule has 2 fully saturated rings. The van der Waals surface area contributed by atoms with E-state index in [2.05, 4.69) is 39.9 Å². The van der Waals surface area contributed by atoms with E-state index in [-0.39, 0.29) is 25.2 Å². The van der Waals surface area contributed by atoms with Crippen LogP contribution in [0.4, 0.5) is 0 Å². The summed E-state index contributed by atoms with van der Waals surface area (Å²) in [6, 6.07) is 0. The second-order valence-corrected chi connectivity index (χ2v) is 8.12. The molecular formula is C14H26Cl2O5S. The maximum Gasteiger partial charge on any atom is 0.308 e. The first-order chi connectivity index (χ1) is 9.67. The van der Waals surface area contributed by atoms with Crippen LogP contribution in [0.25, 0.3) is 0 Å². The lowest BCUT2D eigenvalue weighted by Gasteiger charge is -2.29. The zero-order valence-electron chi connectivity index (χ0n) is 12.4. The summed E-state index contributed by atoms with van der Waals surface area (Å²) >= 11 is 0. The maximum absolute atomic E-state index is 10.7. The van der Waals surface area contributed by atoms with Gasteiger partial charge in [0.25, 0.3) is 0 Å². The Hall–Kier alpha value is -0.330. The van der Waals surface area contributed by atoms with Crippen molar-refractivity contribution in [2.75, 3.05) is 7.11 Å². The van der Waals surface area contributed by atoms with Crippen LogP contribution in [0.3, 0.4) is 0 Å². The smallest absolute Gasteiger partial charge is 0.308 e. The van der Waals surface area contributed by atoms with Crippen LogP contribution in [-0.4, -0.2) is 28.4 Å². The number of carboxylic acid groups (broad SMARTS) is 1. The number of hydrogen-bond acceptors (Lipinski definition) is 4. The summed E-state index contributed by atoms with van der Waals surface area (Å²) < 4.78 is 13.6. The third-order valence-corrected chi connectivity index (χ3v) is 3.63. The fourth-order valence-corrected chi connectivity index (χ4v) is 2.37. The highest BCUT2D eigenvalue weighted by Gasteiger charge is 2.32. The van der Waals surface area contributed by atoms with Crippen LogP contribution in [0.15, 0.2) is 0 Å². The van der Waals surface area contributed by atoms with Crippen LogP contribution in [0.2, 0.25) is 0 Å². The molecule has 0 heterocycles. The molecule has 2 aliphatic rings. The van der Waals surface area contributed by atoms with E-state index in [0.29, 0.717) is 5.92 Å². The number of carbonyl (C=O) groups excluding carboxylic acids is 1. The zero-order valence-corrected chi connectivity index (χ0v) is 14.7. The highest BCUT2D eigenvalue weighted by atomic mass is 36.0. The Labute approximate surface area is 144 Å². The Morgan fingerprint density at radius 3 is 1.55 bits per heavy atom. The summed E-state index contributed by atoms with van der Waals surface area (Å²) in [6.07, 6.45) is 3.81.